The molecule has 0 aliphatic rings. The fraction of sp³-hybridized carbons (Fsp3) is 0.160. The standard InChI is InChI=1S/C25H21N3OS/c1-15(2)21-9-7-18(13-26-21)22-11-16-5-4-6-19(20(16)14-27-22)17-8-10-24-23(12-17)28(3)25(29)30-24/h4-15H,1-3H3. The first-order chi connectivity index (χ1) is 14.5. The number of rotatable bonds is 3. The summed E-state index contributed by atoms with van der Waals surface area (Å²) in [6.07, 6.45) is 3.84. The third-order valence-corrected chi connectivity index (χ3v) is 6.55. The van der Waals surface area contributed by atoms with Crippen LogP contribution in [0.1, 0.15) is 25.5 Å². The molecule has 148 valence electrons. The monoisotopic (exact) mass is 411 g/mol. The van der Waals surface area contributed by atoms with E-state index < -0.39 is 0 Å². The molecule has 0 radical (unpaired) electrons. The van der Waals surface area contributed by atoms with Gasteiger partial charge in [0.25, 0.3) is 0 Å². The molecule has 0 amide bonds. The van der Waals surface area contributed by atoms with Crippen LogP contribution >= 0.6 is 11.3 Å². The number of thiazole rings is 1. The van der Waals surface area contributed by atoms with Gasteiger partial charge in [-0.1, -0.05) is 49.4 Å². The number of nitrogens with zero attached hydrogens (tertiary/aromatic N) is 3. The van der Waals surface area contributed by atoms with Crippen molar-refractivity contribution in [3.05, 3.63) is 82.4 Å². The third kappa shape index (κ3) is 3.12. The number of fused-ring (bicyclic) bond motifs is 2. The summed E-state index contributed by atoms with van der Waals surface area (Å²) in [6, 6.07) is 18.8. The first-order valence-electron chi connectivity index (χ1n) is 9.96. The fourth-order valence-corrected chi connectivity index (χ4v) is 4.63. The molecular weight excluding hydrogens is 390 g/mol. The van der Waals surface area contributed by atoms with E-state index in [2.05, 4.69) is 67.4 Å². The largest absolute Gasteiger partial charge is 0.307 e. The van der Waals surface area contributed by atoms with E-state index in [9.17, 15) is 4.79 Å². The lowest BCUT2D eigenvalue weighted by Gasteiger charge is -2.10. The second-order valence-corrected chi connectivity index (χ2v) is 8.83. The molecule has 4 nitrogen and oxygen atoms in total. The Morgan fingerprint density at radius 2 is 1.77 bits per heavy atom. The molecule has 30 heavy (non-hydrogen) atoms. The SMILES string of the molecule is CC(C)c1ccc(-c2cc3cccc(-c4ccc5sc(=O)n(C)c5c4)c3cn2)cn1. The first kappa shape index (κ1) is 18.7. The number of pyridine rings is 2. The molecule has 3 aromatic heterocycles. The summed E-state index contributed by atoms with van der Waals surface area (Å²) in [7, 11) is 1.82. The minimum atomic E-state index is 0.0588. The normalized spacial score (nSPS) is 11.6. The summed E-state index contributed by atoms with van der Waals surface area (Å²) in [4.78, 5) is 21.4. The minimum Gasteiger partial charge on any atom is -0.302 e. The molecule has 5 rings (SSSR count). The van der Waals surface area contributed by atoms with Crippen LogP contribution in [-0.4, -0.2) is 14.5 Å². The maximum absolute atomic E-state index is 12.0. The highest BCUT2D eigenvalue weighted by Gasteiger charge is 2.10. The predicted octanol–water partition coefficient (Wildman–Crippen LogP) is 6.00. The van der Waals surface area contributed by atoms with Crippen LogP contribution in [-0.2, 0) is 7.05 Å². The van der Waals surface area contributed by atoms with Crippen molar-refractivity contribution in [1.82, 2.24) is 14.5 Å². The Morgan fingerprint density at radius 1 is 0.933 bits per heavy atom. The Labute approximate surface area is 178 Å². The van der Waals surface area contributed by atoms with Crippen molar-refractivity contribution in [2.75, 3.05) is 0 Å². The molecule has 0 saturated heterocycles. The lowest BCUT2D eigenvalue weighted by atomic mass is 9.98. The van der Waals surface area contributed by atoms with E-state index >= 15 is 0 Å². The molecule has 5 heteroatoms. The first-order valence-corrected chi connectivity index (χ1v) is 10.8. The van der Waals surface area contributed by atoms with Crippen LogP contribution in [0, 0.1) is 0 Å². The highest BCUT2D eigenvalue weighted by Crippen LogP contribution is 2.32. The van der Waals surface area contributed by atoms with Crippen LogP contribution in [0.4, 0.5) is 0 Å². The second kappa shape index (κ2) is 7.18. The highest BCUT2D eigenvalue weighted by molar-refractivity contribution is 7.16. The zero-order valence-electron chi connectivity index (χ0n) is 17.1. The molecule has 0 unspecified atom stereocenters. The lowest BCUT2D eigenvalue weighted by Crippen LogP contribution is -2.06. The van der Waals surface area contributed by atoms with Gasteiger partial charge in [0.05, 0.1) is 15.9 Å². The average molecular weight is 412 g/mol. The predicted molar refractivity (Wildman–Crippen MR) is 125 cm³/mol. The Hall–Kier alpha value is -3.31. The average Bonchev–Trinajstić information content (AvgIpc) is 3.06. The lowest BCUT2D eigenvalue weighted by molar-refractivity contribution is 0.823. The van der Waals surface area contributed by atoms with Gasteiger partial charge in [-0.2, -0.15) is 0 Å². The minimum absolute atomic E-state index is 0.0588. The summed E-state index contributed by atoms with van der Waals surface area (Å²) in [5, 5.41) is 2.22. The number of hydrogen-bond donors (Lipinski definition) is 0. The molecule has 0 fully saturated rings. The molecule has 0 aliphatic heterocycles. The smallest absolute Gasteiger partial charge is 0.302 e. The van der Waals surface area contributed by atoms with Crippen LogP contribution in [0.25, 0.3) is 43.4 Å². The van der Waals surface area contributed by atoms with Crippen molar-refractivity contribution in [1.29, 1.82) is 0 Å². The molecule has 2 aromatic carbocycles. The summed E-state index contributed by atoms with van der Waals surface area (Å²) in [6.45, 7) is 4.28. The van der Waals surface area contributed by atoms with Gasteiger partial charge in [-0.15, -0.1) is 0 Å². The van der Waals surface area contributed by atoms with E-state index in [1.807, 2.05) is 25.5 Å². The van der Waals surface area contributed by atoms with Gasteiger partial charge in [-0.3, -0.25) is 14.8 Å². The molecule has 0 N–H and O–H groups in total. The molecule has 0 bridgehead atoms. The number of hydrogen-bond acceptors (Lipinski definition) is 4. The topological polar surface area (TPSA) is 47.8 Å². The van der Waals surface area contributed by atoms with E-state index in [0.29, 0.717) is 5.92 Å². The summed E-state index contributed by atoms with van der Waals surface area (Å²) >= 11 is 1.28. The molecule has 5 aromatic rings. The van der Waals surface area contributed by atoms with Crippen molar-refractivity contribution in [3.8, 4) is 22.4 Å². The van der Waals surface area contributed by atoms with Gasteiger partial charge < -0.3 is 4.57 Å². The van der Waals surface area contributed by atoms with Crippen LogP contribution in [0.2, 0.25) is 0 Å². The van der Waals surface area contributed by atoms with E-state index in [-0.39, 0.29) is 4.87 Å². The van der Waals surface area contributed by atoms with E-state index in [1.165, 1.54) is 11.3 Å². The van der Waals surface area contributed by atoms with Gasteiger partial charge in [0, 0.05) is 36.1 Å². The van der Waals surface area contributed by atoms with Crippen LogP contribution < -0.4 is 4.87 Å². The summed E-state index contributed by atoms with van der Waals surface area (Å²) in [5.74, 6) is 0.409. The van der Waals surface area contributed by atoms with Gasteiger partial charge in [0.2, 0.25) is 0 Å². The van der Waals surface area contributed by atoms with E-state index in [4.69, 9.17) is 4.98 Å². The quantitative estimate of drug-likeness (QED) is 0.366. The van der Waals surface area contributed by atoms with Gasteiger partial charge in [0.15, 0.2) is 0 Å². The van der Waals surface area contributed by atoms with E-state index in [1.54, 1.807) is 4.57 Å². The van der Waals surface area contributed by atoms with Crippen LogP contribution in [0.5, 0.6) is 0 Å². The second-order valence-electron chi connectivity index (χ2n) is 7.83. The summed E-state index contributed by atoms with van der Waals surface area (Å²) < 4.78 is 2.71. The molecule has 0 spiro atoms. The van der Waals surface area contributed by atoms with Crippen LogP contribution in [0.3, 0.4) is 0 Å². The Balaban J connectivity index is 1.61. The third-order valence-electron chi connectivity index (χ3n) is 5.54. The summed E-state index contributed by atoms with van der Waals surface area (Å²) in [5.41, 5.74) is 6.17. The van der Waals surface area contributed by atoms with E-state index in [0.717, 1.165) is 49.1 Å². The van der Waals surface area contributed by atoms with Gasteiger partial charge in [-0.25, -0.2) is 0 Å². The van der Waals surface area contributed by atoms with Crippen molar-refractivity contribution in [2.45, 2.75) is 19.8 Å². The van der Waals surface area contributed by atoms with Crippen molar-refractivity contribution < 1.29 is 0 Å². The Morgan fingerprint density at radius 3 is 2.53 bits per heavy atom. The fourth-order valence-electron chi connectivity index (χ4n) is 3.77. The maximum Gasteiger partial charge on any atom is 0.307 e. The maximum atomic E-state index is 12.0. The molecule has 3 heterocycles. The van der Waals surface area contributed by atoms with Gasteiger partial charge in [-0.05, 0) is 52.8 Å². The van der Waals surface area contributed by atoms with Crippen molar-refractivity contribution >= 4 is 32.3 Å². The van der Waals surface area contributed by atoms with Gasteiger partial charge >= 0.3 is 4.87 Å². The van der Waals surface area contributed by atoms with Crippen molar-refractivity contribution in [2.24, 2.45) is 7.05 Å². The molecule has 0 aliphatic carbocycles. The Kier molecular flexibility index (Phi) is 4.48. The van der Waals surface area contributed by atoms with Crippen molar-refractivity contribution in [3.63, 3.8) is 0 Å². The number of aromatic nitrogens is 3. The highest BCUT2D eigenvalue weighted by atomic mass is 32.1. The number of benzene rings is 2. The molecule has 0 atom stereocenters. The Bertz CT molecular complexity index is 1450. The zero-order valence-corrected chi connectivity index (χ0v) is 17.9. The van der Waals surface area contributed by atoms with Gasteiger partial charge in [0.1, 0.15) is 0 Å². The molecular formula is C25H21N3OS. The van der Waals surface area contributed by atoms with Crippen LogP contribution in [0.15, 0.2) is 71.8 Å². The zero-order chi connectivity index (χ0) is 20.8. The molecule has 0 saturated carbocycles. The number of aryl methyl sites for hydroxylation is 1.